The lowest BCUT2D eigenvalue weighted by Gasteiger charge is -2.18. The zero-order valence-corrected chi connectivity index (χ0v) is 22.4. The molecule has 13 heteroatoms. The Morgan fingerprint density at radius 2 is 1.93 bits per heavy atom. The normalized spacial score (nSPS) is 11.9. The number of tetrazole rings is 1. The van der Waals surface area contributed by atoms with Gasteiger partial charge in [0.1, 0.15) is 12.4 Å². The fourth-order valence-electron chi connectivity index (χ4n) is 4.16. The van der Waals surface area contributed by atoms with Gasteiger partial charge in [0.2, 0.25) is 11.8 Å². The van der Waals surface area contributed by atoms with Crippen LogP contribution in [0.2, 0.25) is 5.02 Å². The van der Waals surface area contributed by atoms with Crippen LogP contribution in [0.5, 0.6) is 0 Å². The number of esters is 1. The number of amides is 2. The van der Waals surface area contributed by atoms with E-state index in [2.05, 4.69) is 36.4 Å². The summed E-state index contributed by atoms with van der Waals surface area (Å²) in [5.74, 6) is -1.55. The van der Waals surface area contributed by atoms with E-state index in [9.17, 15) is 14.4 Å². The molecule has 0 aliphatic heterocycles. The SMILES string of the molecule is COC(=O)c1n[nH]c2ccc(NC(=O)C(Cc3ccccc3)NC(=O)C=Cc3cc(Cl)ccc3-n3cnnn3)cc12. The number of methoxy groups -OCH3 is 1. The summed E-state index contributed by atoms with van der Waals surface area (Å²) in [4.78, 5) is 38.5. The van der Waals surface area contributed by atoms with E-state index >= 15 is 0 Å². The number of fused-ring (bicyclic) bond motifs is 1. The van der Waals surface area contributed by atoms with Crippen molar-refractivity contribution in [1.82, 2.24) is 35.7 Å². The number of H-pyrrole nitrogens is 1. The third-order valence-corrected chi connectivity index (χ3v) is 6.36. The van der Waals surface area contributed by atoms with Crippen LogP contribution in [0.3, 0.4) is 0 Å². The minimum absolute atomic E-state index is 0.0972. The lowest BCUT2D eigenvalue weighted by Crippen LogP contribution is -2.44. The monoisotopic (exact) mass is 570 g/mol. The molecule has 0 saturated heterocycles. The molecule has 2 heterocycles. The number of halogens is 1. The van der Waals surface area contributed by atoms with Crippen molar-refractivity contribution in [3.8, 4) is 5.69 Å². The van der Waals surface area contributed by atoms with Crippen molar-refractivity contribution < 1.29 is 19.1 Å². The molecule has 1 unspecified atom stereocenters. The van der Waals surface area contributed by atoms with Crippen LogP contribution in [0.1, 0.15) is 21.6 Å². The Kier molecular flexibility index (Phi) is 8.11. The molecule has 0 aliphatic rings. The van der Waals surface area contributed by atoms with Crippen LogP contribution in [0.15, 0.2) is 79.1 Å². The van der Waals surface area contributed by atoms with Gasteiger partial charge in [0.05, 0.1) is 18.3 Å². The number of ether oxygens (including phenoxy) is 1. The smallest absolute Gasteiger partial charge is 0.359 e. The molecule has 5 aromatic rings. The number of hydrogen-bond acceptors (Lipinski definition) is 8. The number of hydrogen-bond donors (Lipinski definition) is 3. The maximum atomic E-state index is 13.4. The van der Waals surface area contributed by atoms with Gasteiger partial charge in [-0.15, -0.1) is 5.10 Å². The molecule has 2 amide bonds. The van der Waals surface area contributed by atoms with Gasteiger partial charge >= 0.3 is 5.97 Å². The van der Waals surface area contributed by atoms with E-state index in [1.54, 1.807) is 42.5 Å². The van der Waals surface area contributed by atoms with Gasteiger partial charge in [-0.2, -0.15) is 9.78 Å². The van der Waals surface area contributed by atoms with Crippen LogP contribution in [-0.2, 0) is 20.7 Å². The molecule has 1 atom stereocenters. The van der Waals surface area contributed by atoms with Gasteiger partial charge in [0.15, 0.2) is 5.69 Å². The molecule has 0 aliphatic carbocycles. The topological polar surface area (TPSA) is 157 Å². The third-order valence-electron chi connectivity index (χ3n) is 6.12. The number of carbonyl (C=O) groups excluding carboxylic acids is 3. The summed E-state index contributed by atoms with van der Waals surface area (Å²) >= 11 is 6.17. The minimum Gasteiger partial charge on any atom is -0.464 e. The van der Waals surface area contributed by atoms with E-state index in [1.807, 2.05) is 30.3 Å². The highest BCUT2D eigenvalue weighted by molar-refractivity contribution is 6.30. The highest BCUT2D eigenvalue weighted by Gasteiger charge is 2.22. The maximum absolute atomic E-state index is 13.4. The van der Waals surface area contributed by atoms with Gasteiger partial charge in [-0.05, 0) is 58.5 Å². The molecule has 5 rings (SSSR count). The fourth-order valence-corrected chi connectivity index (χ4v) is 4.34. The first-order valence-corrected chi connectivity index (χ1v) is 12.7. The zero-order chi connectivity index (χ0) is 28.8. The standard InChI is InChI=1S/C28H23ClN8O4/c1-41-28(40)26-21-15-20(9-10-22(21)33-34-26)31-27(39)23(13-17-5-3-2-4-6-17)32-25(38)12-7-18-14-19(29)8-11-24(18)37-16-30-35-36-37/h2-12,14-16,23H,13H2,1H3,(H,31,39)(H,32,38)(H,33,34). The van der Waals surface area contributed by atoms with Crippen molar-refractivity contribution in [3.05, 3.63) is 101 Å². The predicted octanol–water partition coefficient (Wildman–Crippen LogP) is 3.36. The Morgan fingerprint density at radius 3 is 2.68 bits per heavy atom. The summed E-state index contributed by atoms with van der Waals surface area (Å²) in [6.07, 6.45) is 4.54. The molecule has 0 saturated carbocycles. The van der Waals surface area contributed by atoms with Crippen molar-refractivity contribution in [3.63, 3.8) is 0 Å². The van der Waals surface area contributed by atoms with E-state index in [0.29, 0.717) is 32.9 Å². The summed E-state index contributed by atoms with van der Waals surface area (Å²) in [6.45, 7) is 0. The van der Waals surface area contributed by atoms with E-state index in [4.69, 9.17) is 16.3 Å². The molecule has 0 bridgehead atoms. The Morgan fingerprint density at radius 1 is 1.10 bits per heavy atom. The lowest BCUT2D eigenvalue weighted by molar-refractivity contribution is -0.123. The molecule has 0 spiro atoms. The van der Waals surface area contributed by atoms with Crippen molar-refractivity contribution in [2.45, 2.75) is 12.5 Å². The van der Waals surface area contributed by atoms with Crippen molar-refractivity contribution in [1.29, 1.82) is 0 Å². The van der Waals surface area contributed by atoms with E-state index in [1.165, 1.54) is 24.2 Å². The largest absolute Gasteiger partial charge is 0.464 e. The number of rotatable bonds is 9. The third kappa shape index (κ3) is 6.45. The molecular weight excluding hydrogens is 548 g/mol. The molecular formula is C28H23ClN8O4. The predicted molar refractivity (Wildman–Crippen MR) is 151 cm³/mol. The second-order valence-corrected chi connectivity index (χ2v) is 9.29. The number of aromatic amines is 1. The van der Waals surface area contributed by atoms with Crippen molar-refractivity contribution >= 4 is 52.1 Å². The average Bonchev–Trinajstić information content (AvgIpc) is 3.66. The summed E-state index contributed by atoms with van der Waals surface area (Å²) in [7, 11) is 1.26. The average molecular weight is 571 g/mol. The molecule has 3 N–H and O–H groups in total. The Labute approximate surface area is 238 Å². The van der Waals surface area contributed by atoms with Crippen LogP contribution in [0.4, 0.5) is 5.69 Å². The van der Waals surface area contributed by atoms with Gasteiger partial charge in [-0.1, -0.05) is 41.9 Å². The first-order valence-electron chi connectivity index (χ1n) is 12.3. The second-order valence-electron chi connectivity index (χ2n) is 8.86. The van der Waals surface area contributed by atoms with E-state index < -0.39 is 23.8 Å². The molecule has 0 fully saturated rings. The van der Waals surface area contributed by atoms with Crippen LogP contribution in [-0.4, -0.2) is 61.3 Å². The van der Waals surface area contributed by atoms with Gasteiger partial charge in [0, 0.05) is 34.2 Å². The van der Waals surface area contributed by atoms with Crippen LogP contribution >= 0.6 is 11.6 Å². The first-order chi connectivity index (χ1) is 19.9. The van der Waals surface area contributed by atoms with Gasteiger partial charge in [-0.25, -0.2) is 4.79 Å². The highest BCUT2D eigenvalue weighted by atomic mass is 35.5. The van der Waals surface area contributed by atoms with Crippen LogP contribution in [0, 0.1) is 0 Å². The lowest BCUT2D eigenvalue weighted by atomic mass is 10.0. The molecule has 206 valence electrons. The van der Waals surface area contributed by atoms with Gasteiger partial charge in [0.25, 0.3) is 0 Å². The van der Waals surface area contributed by atoms with E-state index in [-0.39, 0.29) is 12.1 Å². The first kappa shape index (κ1) is 27.2. The number of carbonyl (C=O) groups is 3. The molecule has 12 nitrogen and oxygen atoms in total. The van der Waals surface area contributed by atoms with Crippen molar-refractivity contribution in [2.24, 2.45) is 0 Å². The summed E-state index contributed by atoms with van der Waals surface area (Å²) < 4.78 is 6.23. The van der Waals surface area contributed by atoms with Crippen molar-refractivity contribution in [2.75, 3.05) is 12.4 Å². The summed E-state index contributed by atoms with van der Waals surface area (Å²) in [6, 6.07) is 18.4. The summed E-state index contributed by atoms with van der Waals surface area (Å²) in [5, 5.41) is 24.5. The molecule has 0 radical (unpaired) electrons. The molecule has 41 heavy (non-hydrogen) atoms. The van der Waals surface area contributed by atoms with Crippen LogP contribution < -0.4 is 10.6 Å². The highest BCUT2D eigenvalue weighted by Crippen LogP contribution is 2.22. The zero-order valence-electron chi connectivity index (χ0n) is 21.6. The number of benzene rings is 3. The number of nitrogens with one attached hydrogen (secondary N) is 3. The van der Waals surface area contributed by atoms with E-state index in [0.717, 1.165) is 5.56 Å². The quantitative estimate of drug-likeness (QED) is 0.180. The fraction of sp³-hybridized carbons (Fsp3) is 0.107. The van der Waals surface area contributed by atoms with Gasteiger partial charge in [-0.3, -0.25) is 14.7 Å². The minimum atomic E-state index is -0.923. The second kappa shape index (κ2) is 12.2. The van der Waals surface area contributed by atoms with Gasteiger partial charge < -0.3 is 15.4 Å². The number of aromatic nitrogens is 6. The molecule has 2 aromatic heterocycles. The Hall–Kier alpha value is -5.36. The summed E-state index contributed by atoms with van der Waals surface area (Å²) in [5.41, 5.74) is 3.18. The number of anilines is 1. The maximum Gasteiger partial charge on any atom is 0.359 e. The Balaban J connectivity index is 1.37. The number of nitrogens with zero attached hydrogens (tertiary/aromatic N) is 5. The van der Waals surface area contributed by atoms with Crippen LogP contribution in [0.25, 0.3) is 22.7 Å². The Bertz CT molecular complexity index is 1730. The molecule has 3 aromatic carbocycles.